The standard InChI is InChI=1S/C10H11FO2.C4H10/c11-9-6-4-8(5-7-9)2-1-3-10(12)13;1-3-4-2/h4-7H,1-3H2,(H,12,13);3-4H2,1-2H3. The predicted octanol–water partition coefficient (Wildman–Crippen LogP) is 4.04. The number of carbonyl (C=O) groups is 1. The first-order valence-electron chi connectivity index (χ1n) is 6.06. The number of carboxylic acid groups (broad SMARTS) is 1. The molecule has 0 aliphatic carbocycles. The molecule has 0 saturated heterocycles. The van der Waals surface area contributed by atoms with E-state index in [-0.39, 0.29) is 12.2 Å². The lowest BCUT2D eigenvalue weighted by Gasteiger charge is -1.98. The summed E-state index contributed by atoms with van der Waals surface area (Å²) in [5, 5.41) is 8.38. The zero-order valence-corrected chi connectivity index (χ0v) is 10.6. The van der Waals surface area contributed by atoms with Gasteiger partial charge < -0.3 is 5.11 Å². The Bertz CT molecular complexity index is 305. The van der Waals surface area contributed by atoms with Crippen molar-refractivity contribution in [2.75, 3.05) is 0 Å². The summed E-state index contributed by atoms with van der Waals surface area (Å²) in [6, 6.07) is 6.13. The fourth-order valence-corrected chi connectivity index (χ4v) is 1.09. The first kappa shape index (κ1) is 15.6. The second-order valence-corrected chi connectivity index (χ2v) is 3.87. The molecule has 0 atom stereocenters. The molecule has 0 saturated carbocycles. The lowest BCUT2D eigenvalue weighted by atomic mass is 10.1. The average molecular weight is 240 g/mol. The van der Waals surface area contributed by atoms with Gasteiger partial charge in [0.2, 0.25) is 0 Å². The minimum absolute atomic E-state index is 0.164. The van der Waals surface area contributed by atoms with Crippen LogP contribution in [0.3, 0.4) is 0 Å². The number of halogens is 1. The van der Waals surface area contributed by atoms with Crippen LogP contribution in [0.5, 0.6) is 0 Å². The number of carboxylic acids is 1. The van der Waals surface area contributed by atoms with E-state index in [0.29, 0.717) is 12.8 Å². The van der Waals surface area contributed by atoms with Gasteiger partial charge in [0.25, 0.3) is 0 Å². The van der Waals surface area contributed by atoms with Crippen LogP contribution in [0.1, 0.15) is 45.1 Å². The van der Waals surface area contributed by atoms with Crippen LogP contribution in [0, 0.1) is 5.82 Å². The summed E-state index contributed by atoms with van der Waals surface area (Å²) in [5.74, 6) is -1.05. The molecule has 1 aromatic rings. The Kier molecular flexibility index (Phi) is 9.02. The quantitative estimate of drug-likeness (QED) is 0.843. The first-order valence-corrected chi connectivity index (χ1v) is 6.06. The Balaban J connectivity index is 0.000000557. The summed E-state index contributed by atoms with van der Waals surface area (Å²) in [5.41, 5.74) is 0.975. The highest BCUT2D eigenvalue weighted by atomic mass is 19.1. The van der Waals surface area contributed by atoms with E-state index in [1.807, 2.05) is 0 Å². The Morgan fingerprint density at radius 3 is 2.12 bits per heavy atom. The van der Waals surface area contributed by atoms with Gasteiger partial charge in [-0.25, -0.2) is 4.39 Å². The van der Waals surface area contributed by atoms with Crippen LogP contribution in [-0.4, -0.2) is 11.1 Å². The van der Waals surface area contributed by atoms with Gasteiger partial charge >= 0.3 is 5.97 Å². The van der Waals surface area contributed by atoms with E-state index in [1.54, 1.807) is 12.1 Å². The van der Waals surface area contributed by atoms with E-state index < -0.39 is 5.97 Å². The van der Waals surface area contributed by atoms with Crippen molar-refractivity contribution in [1.82, 2.24) is 0 Å². The third-order valence-corrected chi connectivity index (χ3v) is 2.27. The maximum absolute atomic E-state index is 12.4. The average Bonchev–Trinajstić information content (AvgIpc) is 2.32. The minimum Gasteiger partial charge on any atom is -0.481 e. The Hall–Kier alpha value is -1.38. The molecule has 0 unspecified atom stereocenters. The molecule has 1 N–H and O–H groups in total. The molecular weight excluding hydrogens is 219 g/mol. The molecule has 1 rings (SSSR count). The molecule has 0 radical (unpaired) electrons. The fraction of sp³-hybridized carbons (Fsp3) is 0.500. The molecular formula is C14H21FO2. The van der Waals surface area contributed by atoms with Gasteiger partial charge in [0.1, 0.15) is 5.82 Å². The van der Waals surface area contributed by atoms with Crippen LogP contribution in [0.4, 0.5) is 4.39 Å². The van der Waals surface area contributed by atoms with Gasteiger partial charge in [0.05, 0.1) is 0 Å². The van der Waals surface area contributed by atoms with Crippen molar-refractivity contribution in [1.29, 1.82) is 0 Å². The number of aliphatic carboxylic acids is 1. The molecule has 1 aromatic carbocycles. The van der Waals surface area contributed by atoms with Crippen molar-refractivity contribution in [3.05, 3.63) is 35.6 Å². The van der Waals surface area contributed by atoms with E-state index >= 15 is 0 Å². The predicted molar refractivity (Wildman–Crippen MR) is 67.6 cm³/mol. The normalized spacial score (nSPS) is 9.35. The third kappa shape index (κ3) is 9.54. The van der Waals surface area contributed by atoms with Crippen LogP contribution < -0.4 is 0 Å². The van der Waals surface area contributed by atoms with Crippen LogP contribution in [0.25, 0.3) is 0 Å². The molecule has 2 nitrogen and oxygen atoms in total. The van der Waals surface area contributed by atoms with Crippen molar-refractivity contribution in [2.24, 2.45) is 0 Å². The number of rotatable bonds is 5. The van der Waals surface area contributed by atoms with Crippen LogP contribution in [0.2, 0.25) is 0 Å². The highest BCUT2D eigenvalue weighted by Crippen LogP contribution is 2.06. The van der Waals surface area contributed by atoms with Gasteiger partial charge in [-0.05, 0) is 30.5 Å². The van der Waals surface area contributed by atoms with Gasteiger partial charge in [0.15, 0.2) is 0 Å². The van der Waals surface area contributed by atoms with Crippen LogP contribution >= 0.6 is 0 Å². The lowest BCUT2D eigenvalue weighted by Crippen LogP contribution is -1.95. The topological polar surface area (TPSA) is 37.3 Å². The molecule has 0 heterocycles. The first-order chi connectivity index (χ1) is 8.10. The summed E-state index contributed by atoms with van der Waals surface area (Å²) in [6.07, 6.45) is 4.09. The smallest absolute Gasteiger partial charge is 0.303 e. The summed E-state index contributed by atoms with van der Waals surface area (Å²) in [7, 11) is 0. The molecule has 0 amide bonds. The summed E-state index contributed by atoms with van der Waals surface area (Å²) in [6.45, 7) is 4.36. The van der Waals surface area contributed by atoms with Crippen molar-refractivity contribution in [2.45, 2.75) is 46.0 Å². The van der Waals surface area contributed by atoms with Crippen LogP contribution in [-0.2, 0) is 11.2 Å². The maximum atomic E-state index is 12.4. The SMILES string of the molecule is CCCC.O=C(O)CCCc1ccc(F)cc1. The largest absolute Gasteiger partial charge is 0.481 e. The van der Waals surface area contributed by atoms with Gasteiger partial charge in [-0.3, -0.25) is 4.79 Å². The molecule has 0 fully saturated rings. The number of unbranched alkanes of at least 4 members (excludes halogenated alkanes) is 1. The van der Waals surface area contributed by atoms with Gasteiger partial charge in [-0.15, -0.1) is 0 Å². The number of aryl methyl sites for hydroxylation is 1. The number of benzene rings is 1. The highest BCUT2D eigenvalue weighted by Gasteiger charge is 1.98. The van der Waals surface area contributed by atoms with Crippen LogP contribution in [0.15, 0.2) is 24.3 Å². The van der Waals surface area contributed by atoms with E-state index in [9.17, 15) is 9.18 Å². The van der Waals surface area contributed by atoms with Gasteiger partial charge in [-0.2, -0.15) is 0 Å². The zero-order chi connectivity index (χ0) is 13.1. The van der Waals surface area contributed by atoms with Crippen molar-refractivity contribution in [3.63, 3.8) is 0 Å². The van der Waals surface area contributed by atoms with Crippen molar-refractivity contribution in [3.8, 4) is 0 Å². The third-order valence-electron chi connectivity index (χ3n) is 2.27. The van der Waals surface area contributed by atoms with E-state index in [4.69, 9.17) is 5.11 Å². The van der Waals surface area contributed by atoms with Crippen molar-refractivity contribution >= 4 is 5.97 Å². The van der Waals surface area contributed by atoms with Gasteiger partial charge in [-0.1, -0.05) is 38.8 Å². The van der Waals surface area contributed by atoms with Crippen molar-refractivity contribution < 1.29 is 14.3 Å². The summed E-state index contributed by atoms with van der Waals surface area (Å²) < 4.78 is 12.4. The van der Waals surface area contributed by atoms with E-state index in [1.165, 1.54) is 25.0 Å². The van der Waals surface area contributed by atoms with E-state index in [0.717, 1.165) is 5.56 Å². The highest BCUT2D eigenvalue weighted by molar-refractivity contribution is 5.66. The second-order valence-electron chi connectivity index (χ2n) is 3.87. The Morgan fingerprint density at radius 1 is 1.18 bits per heavy atom. The molecule has 0 aromatic heterocycles. The van der Waals surface area contributed by atoms with E-state index in [2.05, 4.69) is 13.8 Å². The summed E-state index contributed by atoms with van der Waals surface area (Å²) in [4.78, 5) is 10.2. The maximum Gasteiger partial charge on any atom is 0.303 e. The molecule has 96 valence electrons. The lowest BCUT2D eigenvalue weighted by molar-refractivity contribution is -0.137. The minimum atomic E-state index is -0.790. The fourth-order valence-electron chi connectivity index (χ4n) is 1.09. The molecule has 3 heteroatoms. The molecule has 0 bridgehead atoms. The molecule has 0 aliphatic heterocycles. The zero-order valence-electron chi connectivity index (χ0n) is 10.6. The molecule has 17 heavy (non-hydrogen) atoms. The van der Waals surface area contributed by atoms with Gasteiger partial charge in [0, 0.05) is 6.42 Å². The Labute approximate surface area is 102 Å². The molecule has 0 spiro atoms. The number of hydrogen-bond donors (Lipinski definition) is 1. The number of hydrogen-bond acceptors (Lipinski definition) is 1. The Morgan fingerprint density at radius 2 is 1.71 bits per heavy atom. The second kappa shape index (κ2) is 9.82. The molecule has 0 aliphatic rings. The monoisotopic (exact) mass is 240 g/mol. The summed E-state index contributed by atoms with van der Waals surface area (Å²) >= 11 is 0.